The molecule has 0 spiro atoms. The lowest BCUT2D eigenvalue weighted by Gasteiger charge is -2.29. The van der Waals surface area contributed by atoms with Gasteiger partial charge >= 0.3 is 0 Å². The molecular formula is C24H30ClN5O3. The SMILES string of the molecule is O=C(Nc1cc(-c2cnn3c2CCCC3)c(Cl)cn1)[C@H]1CCC[C@@H](NC(=O)[C@@H]2CCOC2)C1. The Balaban J connectivity index is 1.24. The summed E-state index contributed by atoms with van der Waals surface area (Å²) in [4.78, 5) is 29.8. The maximum Gasteiger partial charge on any atom is 0.228 e. The van der Waals surface area contributed by atoms with Gasteiger partial charge < -0.3 is 15.4 Å². The minimum absolute atomic E-state index is 0.0234. The second-order valence-electron chi connectivity index (χ2n) is 9.35. The van der Waals surface area contributed by atoms with Crippen LogP contribution in [0.1, 0.15) is 50.6 Å². The molecule has 1 saturated carbocycles. The first-order valence-corrected chi connectivity index (χ1v) is 12.4. The van der Waals surface area contributed by atoms with Crippen LogP contribution in [0.2, 0.25) is 5.02 Å². The molecule has 176 valence electrons. The number of rotatable bonds is 5. The summed E-state index contributed by atoms with van der Waals surface area (Å²) >= 11 is 6.48. The first-order valence-electron chi connectivity index (χ1n) is 12.0. The zero-order valence-corrected chi connectivity index (χ0v) is 19.4. The van der Waals surface area contributed by atoms with Crippen LogP contribution in [0.15, 0.2) is 18.5 Å². The number of hydrogen-bond donors (Lipinski definition) is 2. The highest BCUT2D eigenvalue weighted by molar-refractivity contribution is 6.33. The highest BCUT2D eigenvalue weighted by Crippen LogP contribution is 2.34. The van der Waals surface area contributed by atoms with Gasteiger partial charge in [-0.15, -0.1) is 0 Å². The lowest BCUT2D eigenvalue weighted by atomic mass is 9.84. The third-order valence-corrected chi connectivity index (χ3v) is 7.37. The molecule has 0 unspecified atom stereocenters. The zero-order valence-electron chi connectivity index (χ0n) is 18.7. The smallest absolute Gasteiger partial charge is 0.228 e. The van der Waals surface area contributed by atoms with E-state index in [0.29, 0.717) is 30.5 Å². The van der Waals surface area contributed by atoms with Gasteiger partial charge in [0.05, 0.1) is 23.7 Å². The van der Waals surface area contributed by atoms with Gasteiger partial charge in [0.25, 0.3) is 0 Å². The van der Waals surface area contributed by atoms with Crippen LogP contribution in [-0.4, -0.2) is 45.8 Å². The van der Waals surface area contributed by atoms with Crippen molar-refractivity contribution in [2.24, 2.45) is 11.8 Å². The van der Waals surface area contributed by atoms with E-state index in [1.807, 2.05) is 16.9 Å². The summed E-state index contributed by atoms with van der Waals surface area (Å²) in [5, 5.41) is 11.2. The second kappa shape index (κ2) is 9.81. The average Bonchev–Trinajstić information content (AvgIpc) is 3.51. The molecule has 0 bridgehead atoms. The number of hydrogen-bond acceptors (Lipinski definition) is 5. The van der Waals surface area contributed by atoms with E-state index in [4.69, 9.17) is 16.3 Å². The average molecular weight is 472 g/mol. The molecular weight excluding hydrogens is 442 g/mol. The second-order valence-corrected chi connectivity index (χ2v) is 9.76. The first-order chi connectivity index (χ1) is 16.1. The maximum atomic E-state index is 13.0. The van der Waals surface area contributed by atoms with Crippen LogP contribution >= 0.6 is 11.6 Å². The van der Waals surface area contributed by atoms with Gasteiger partial charge in [0, 0.05) is 48.1 Å². The van der Waals surface area contributed by atoms with Crippen LogP contribution in [-0.2, 0) is 27.3 Å². The summed E-state index contributed by atoms with van der Waals surface area (Å²) < 4.78 is 7.37. The molecule has 33 heavy (non-hydrogen) atoms. The van der Waals surface area contributed by atoms with E-state index in [1.165, 1.54) is 5.69 Å². The number of ether oxygens (including phenoxy) is 1. The summed E-state index contributed by atoms with van der Waals surface area (Å²) in [5.41, 5.74) is 3.04. The van der Waals surface area contributed by atoms with Gasteiger partial charge in [-0.1, -0.05) is 18.0 Å². The van der Waals surface area contributed by atoms with Gasteiger partial charge in [-0.2, -0.15) is 5.10 Å². The third-order valence-electron chi connectivity index (χ3n) is 7.07. The number of pyridine rings is 1. The summed E-state index contributed by atoms with van der Waals surface area (Å²) in [5.74, 6) is 0.256. The van der Waals surface area contributed by atoms with Crippen LogP contribution in [0.3, 0.4) is 0 Å². The molecule has 2 aliphatic heterocycles. The Bertz CT molecular complexity index is 1030. The van der Waals surface area contributed by atoms with E-state index in [-0.39, 0.29) is 29.7 Å². The van der Waals surface area contributed by atoms with E-state index in [1.54, 1.807) is 6.20 Å². The number of nitrogens with zero attached hydrogens (tertiary/aromatic N) is 3. The predicted molar refractivity (Wildman–Crippen MR) is 125 cm³/mol. The van der Waals surface area contributed by atoms with Crippen LogP contribution in [0.5, 0.6) is 0 Å². The van der Waals surface area contributed by atoms with Crippen molar-refractivity contribution < 1.29 is 14.3 Å². The number of carbonyl (C=O) groups is 2. The summed E-state index contributed by atoms with van der Waals surface area (Å²) in [6.07, 6.45) is 10.7. The van der Waals surface area contributed by atoms with Crippen molar-refractivity contribution in [3.8, 4) is 11.1 Å². The van der Waals surface area contributed by atoms with Crippen molar-refractivity contribution in [1.82, 2.24) is 20.1 Å². The molecule has 8 nitrogen and oxygen atoms in total. The number of carbonyl (C=O) groups excluding carboxylic acids is 2. The maximum absolute atomic E-state index is 13.0. The van der Waals surface area contributed by atoms with E-state index in [2.05, 4.69) is 20.7 Å². The fraction of sp³-hybridized carbons (Fsp3) is 0.583. The minimum atomic E-state index is -0.159. The molecule has 9 heteroatoms. The van der Waals surface area contributed by atoms with Gasteiger partial charge in [0.15, 0.2) is 0 Å². The Morgan fingerprint density at radius 1 is 1.06 bits per heavy atom. The number of aromatic nitrogens is 3. The number of nitrogens with one attached hydrogen (secondary N) is 2. The van der Waals surface area contributed by atoms with Gasteiger partial charge in [0.1, 0.15) is 5.82 Å². The number of halogens is 1. The van der Waals surface area contributed by atoms with Crippen molar-refractivity contribution in [3.05, 3.63) is 29.2 Å². The molecule has 5 rings (SSSR count). The Kier molecular flexibility index (Phi) is 6.64. The Morgan fingerprint density at radius 2 is 1.97 bits per heavy atom. The van der Waals surface area contributed by atoms with Gasteiger partial charge in [-0.05, 0) is 51.0 Å². The molecule has 2 aromatic rings. The number of anilines is 1. The molecule has 2 amide bonds. The monoisotopic (exact) mass is 471 g/mol. The van der Waals surface area contributed by atoms with Gasteiger partial charge in [-0.25, -0.2) is 4.98 Å². The molecule has 2 N–H and O–H groups in total. The molecule has 2 fully saturated rings. The standard InChI is InChI=1S/C24H30ClN5O3/c25-20-13-26-22(11-18(20)19-12-27-30-8-2-1-6-21(19)30)29-23(31)15-4-3-5-17(10-15)28-24(32)16-7-9-33-14-16/h11-13,15-17H,1-10,14H2,(H,28,32)(H,26,29,31)/t15-,16+,17+/m0/s1. The molecule has 1 aliphatic carbocycles. The highest BCUT2D eigenvalue weighted by atomic mass is 35.5. The molecule has 3 aliphatic rings. The Labute approximate surface area is 198 Å². The van der Waals surface area contributed by atoms with Crippen molar-refractivity contribution in [2.75, 3.05) is 18.5 Å². The van der Waals surface area contributed by atoms with Crippen LogP contribution < -0.4 is 10.6 Å². The topological polar surface area (TPSA) is 98.1 Å². The summed E-state index contributed by atoms with van der Waals surface area (Å²) in [6, 6.07) is 1.87. The van der Waals surface area contributed by atoms with Crippen molar-refractivity contribution in [2.45, 2.75) is 64.0 Å². The first kappa shape index (κ1) is 22.3. The minimum Gasteiger partial charge on any atom is -0.381 e. The quantitative estimate of drug-likeness (QED) is 0.694. The third kappa shape index (κ3) is 4.92. The van der Waals surface area contributed by atoms with E-state index < -0.39 is 0 Å². The molecule has 2 aromatic heterocycles. The molecule has 3 atom stereocenters. The number of fused-ring (bicyclic) bond motifs is 1. The lowest BCUT2D eigenvalue weighted by molar-refractivity contribution is -0.127. The van der Waals surface area contributed by atoms with Gasteiger partial charge in [0.2, 0.25) is 11.8 Å². The van der Waals surface area contributed by atoms with E-state index >= 15 is 0 Å². The Morgan fingerprint density at radius 3 is 2.82 bits per heavy atom. The fourth-order valence-electron chi connectivity index (χ4n) is 5.21. The normalized spacial score (nSPS) is 24.8. The highest BCUT2D eigenvalue weighted by Gasteiger charge is 2.31. The zero-order chi connectivity index (χ0) is 22.8. The number of aryl methyl sites for hydroxylation is 1. The summed E-state index contributed by atoms with van der Waals surface area (Å²) in [7, 11) is 0. The molecule has 0 radical (unpaired) electrons. The molecule has 1 saturated heterocycles. The summed E-state index contributed by atoms with van der Waals surface area (Å²) in [6.45, 7) is 2.06. The van der Waals surface area contributed by atoms with Crippen LogP contribution in [0.4, 0.5) is 5.82 Å². The van der Waals surface area contributed by atoms with Crippen LogP contribution in [0.25, 0.3) is 11.1 Å². The van der Waals surface area contributed by atoms with E-state index in [0.717, 1.165) is 62.6 Å². The predicted octanol–water partition coefficient (Wildman–Crippen LogP) is 3.58. The Hall–Kier alpha value is -2.45. The van der Waals surface area contributed by atoms with E-state index in [9.17, 15) is 9.59 Å². The van der Waals surface area contributed by atoms with Crippen molar-refractivity contribution in [1.29, 1.82) is 0 Å². The molecule has 0 aromatic carbocycles. The number of amides is 2. The lowest BCUT2D eigenvalue weighted by Crippen LogP contribution is -2.43. The van der Waals surface area contributed by atoms with Crippen molar-refractivity contribution >= 4 is 29.2 Å². The van der Waals surface area contributed by atoms with Crippen molar-refractivity contribution in [3.63, 3.8) is 0 Å². The fourth-order valence-corrected chi connectivity index (χ4v) is 5.41. The van der Waals surface area contributed by atoms with Gasteiger partial charge in [-0.3, -0.25) is 14.3 Å². The largest absolute Gasteiger partial charge is 0.381 e. The molecule has 4 heterocycles. The van der Waals surface area contributed by atoms with Crippen LogP contribution in [0, 0.1) is 11.8 Å².